The molecule has 0 saturated carbocycles. The summed E-state index contributed by atoms with van der Waals surface area (Å²) in [7, 11) is 1.66. The fraction of sp³-hybridized carbons (Fsp3) is 0.357. The van der Waals surface area contributed by atoms with E-state index in [9.17, 15) is 0 Å². The first-order chi connectivity index (χ1) is 9.33. The highest BCUT2D eigenvalue weighted by atomic mass is 32.1. The minimum atomic E-state index is 0.521. The summed E-state index contributed by atoms with van der Waals surface area (Å²) in [5, 5.41) is 3.29. The Kier molecular flexibility index (Phi) is 5.18. The van der Waals surface area contributed by atoms with E-state index in [-0.39, 0.29) is 0 Å². The maximum absolute atomic E-state index is 5.76. The lowest BCUT2D eigenvalue weighted by molar-refractivity contribution is 0.287. The Bertz CT molecular complexity index is 500. The van der Waals surface area contributed by atoms with E-state index in [4.69, 9.17) is 9.47 Å². The van der Waals surface area contributed by atoms with Gasteiger partial charge in [-0.2, -0.15) is 0 Å². The van der Waals surface area contributed by atoms with Crippen LogP contribution in [-0.2, 0) is 13.2 Å². The van der Waals surface area contributed by atoms with Crippen LogP contribution in [0.3, 0.4) is 0 Å². The van der Waals surface area contributed by atoms with Gasteiger partial charge in [0.25, 0.3) is 0 Å². The van der Waals surface area contributed by atoms with Crippen LogP contribution in [0.2, 0.25) is 0 Å². The van der Waals surface area contributed by atoms with Crippen LogP contribution < -0.4 is 14.8 Å². The zero-order valence-electron chi connectivity index (χ0n) is 11.2. The highest BCUT2D eigenvalue weighted by Crippen LogP contribution is 2.29. The third-order valence-corrected chi connectivity index (χ3v) is 3.41. The average Bonchev–Trinajstić information content (AvgIpc) is 2.96. The van der Waals surface area contributed by atoms with Gasteiger partial charge >= 0.3 is 0 Å². The van der Waals surface area contributed by atoms with Crippen molar-refractivity contribution < 1.29 is 9.47 Å². The van der Waals surface area contributed by atoms with Crippen molar-refractivity contribution in [1.29, 1.82) is 0 Å². The van der Waals surface area contributed by atoms with Gasteiger partial charge in [0, 0.05) is 12.7 Å². The van der Waals surface area contributed by atoms with E-state index in [0.717, 1.165) is 29.5 Å². The van der Waals surface area contributed by atoms with Gasteiger partial charge in [-0.05, 0) is 24.2 Å². The van der Waals surface area contributed by atoms with E-state index in [1.807, 2.05) is 24.4 Å². The van der Waals surface area contributed by atoms with Crippen molar-refractivity contribution in [3.8, 4) is 11.5 Å². The number of benzene rings is 1. The molecule has 0 bridgehead atoms. The second kappa shape index (κ2) is 7.11. The Balaban J connectivity index is 2.03. The lowest BCUT2D eigenvalue weighted by atomic mass is 10.2. The lowest BCUT2D eigenvalue weighted by Crippen LogP contribution is -2.11. The van der Waals surface area contributed by atoms with E-state index < -0.39 is 0 Å². The van der Waals surface area contributed by atoms with Crippen LogP contribution in [0.1, 0.15) is 17.4 Å². The Hall–Kier alpha value is -1.59. The van der Waals surface area contributed by atoms with Crippen molar-refractivity contribution >= 4 is 11.3 Å². The van der Waals surface area contributed by atoms with Crippen LogP contribution in [0.25, 0.3) is 0 Å². The minimum Gasteiger partial charge on any atom is -0.493 e. The molecule has 0 spiro atoms. The van der Waals surface area contributed by atoms with Gasteiger partial charge < -0.3 is 14.8 Å². The van der Waals surface area contributed by atoms with E-state index in [0.29, 0.717) is 6.61 Å². The molecule has 102 valence electrons. The summed E-state index contributed by atoms with van der Waals surface area (Å²) in [6.07, 6.45) is 1.82. The van der Waals surface area contributed by atoms with Crippen LogP contribution >= 0.6 is 11.3 Å². The number of ether oxygens (including phenoxy) is 2. The number of thiazole rings is 1. The number of nitrogens with one attached hydrogen (secondary N) is 1. The van der Waals surface area contributed by atoms with Crippen molar-refractivity contribution in [1.82, 2.24) is 10.3 Å². The van der Waals surface area contributed by atoms with Gasteiger partial charge in [0.05, 0.1) is 17.5 Å². The normalized spacial score (nSPS) is 10.4. The molecule has 0 aliphatic carbocycles. The molecule has 0 aliphatic heterocycles. The van der Waals surface area contributed by atoms with Gasteiger partial charge in [-0.25, -0.2) is 0 Å². The van der Waals surface area contributed by atoms with Crippen LogP contribution in [0.4, 0.5) is 0 Å². The first-order valence-corrected chi connectivity index (χ1v) is 7.09. The maximum atomic E-state index is 5.76. The summed E-state index contributed by atoms with van der Waals surface area (Å²) in [6.45, 7) is 4.39. The number of hydrogen-bond acceptors (Lipinski definition) is 5. The summed E-state index contributed by atoms with van der Waals surface area (Å²) >= 11 is 1.58. The predicted molar refractivity (Wildman–Crippen MR) is 76.8 cm³/mol. The van der Waals surface area contributed by atoms with E-state index >= 15 is 0 Å². The SMILES string of the molecule is CCNCc1ccc(OCc2cncs2)c(OC)c1. The molecule has 2 rings (SSSR count). The highest BCUT2D eigenvalue weighted by molar-refractivity contribution is 7.09. The Morgan fingerprint density at radius 3 is 2.89 bits per heavy atom. The van der Waals surface area contributed by atoms with Crippen molar-refractivity contribution in [2.45, 2.75) is 20.1 Å². The summed E-state index contributed by atoms with van der Waals surface area (Å²) in [4.78, 5) is 5.12. The summed E-state index contributed by atoms with van der Waals surface area (Å²) in [6, 6.07) is 6.00. The van der Waals surface area contributed by atoms with Crippen molar-refractivity contribution in [2.24, 2.45) is 0 Å². The molecule has 0 unspecified atom stereocenters. The van der Waals surface area contributed by atoms with Gasteiger partial charge in [-0.1, -0.05) is 13.0 Å². The molecule has 1 aromatic carbocycles. The summed E-state index contributed by atoms with van der Waals surface area (Å²) in [5.74, 6) is 1.52. The largest absolute Gasteiger partial charge is 0.493 e. The Morgan fingerprint density at radius 1 is 1.32 bits per heavy atom. The third-order valence-electron chi connectivity index (χ3n) is 2.66. The maximum Gasteiger partial charge on any atom is 0.161 e. The molecule has 0 saturated heterocycles. The monoisotopic (exact) mass is 278 g/mol. The predicted octanol–water partition coefficient (Wildman–Crippen LogP) is 2.84. The second-order valence-corrected chi connectivity index (χ2v) is 4.99. The fourth-order valence-corrected chi connectivity index (χ4v) is 2.18. The molecular formula is C14H18N2O2S. The van der Waals surface area contributed by atoms with Gasteiger partial charge in [-0.3, -0.25) is 4.98 Å². The zero-order chi connectivity index (χ0) is 13.5. The molecule has 1 heterocycles. The van der Waals surface area contributed by atoms with Crippen LogP contribution in [-0.4, -0.2) is 18.6 Å². The molecule has 1 N–H and O–H groups in total. The van der Waals surface area contributed by atoms with Crippen molar-refractivity contribution in [2.75, 3.05) is 13.7 Å². The molecule has 0 radical (unpaired) electrons. The number of hydrogen-bond donors (Lipinski definition) is 1. The van der Waals surface area contributed by atoms with E-state index in [1.54, 1.807) is 24.0 Å². The highest BCUT2D eigenvalue weighted by Gasteiger charge is 2.06. The molecule has 4 nitrogen and oxygen atoms in total. The Labute approximate surface area is 117 Å². The van der Waals surface area contributed by atoms with Crippen molar-refractivity contribution in [3.05, 3.63) is 40.3 Å². The quantitative estimate of drug-likeness (QED) is 0.846. The van der Waals surface area contributed by atoms with Crippen LogP contribution in [0, 0.1) is 0 Å². The molecule has 2 aromatic rings. The summed E-state index contributed by atoms with van der Waals surface area (Å²) < 4.78 is 11.1. The minimum absolute atomic E-state index is 0.521. The molecule has 5 heteroatoms. The summed E-state index contributed by atoms with van der Waals surface area (Å²) in [5.41, 5.74) is 2.99. The zero-order valence-corrected chi connectivity index (χ0v) is 12.0. The van der Waals surface area contributed by atoms with Gasteiger partial charge in [0.1, 0.15) is 6.61 Å². The lowest BCUT2D eigenvalue weighted by Gasteiger charge is -2.11. The first kappa shape index (κ1) is 13.8. The first-order valence-electron chi connectivity index (χ1n) is 6.21. The molecule has 0 fully saturated rings. The average molecular weight is 278 g/mol. The second-order valence-electron chi connectivity index (χ2n) is 4.02. The topological polar surface area (TPSA) is 43.4 Å². The molecule has 19 heavy (non-hydrogen) atoms. The van der Waals surface area contributed by atoms with E-state index in [1.165, 1.54) is 5.56 Å². The van der Waals surface area contributed by atoms with Gasteiger partial charge in [0.2, 0.25) is 0 Å². The van der Waals surface area contributed by atoms with Crippen LogP contribution in [0.5, 0.6) is 11.5 Å². The molecule has 0 amide bonds. The number of rotatable bonds is 7. The third kappa shape index (κ3) is 3.94. The fourth-order valence-electron chi connectivity index (χ4n) is 1.67. The van der Waals surface area contributed by atoms with E-state index in [2.05, 4.69) is 17.2 Å². The standard InChI is InChI=1S/C14H18N2O2S/c1-3-15-7-11-4-5-13(14(6-11)17-2)18-9-12-8-16-10-19-12/h4-6,8,10,15H,3,7,9H2,1-2H3. The molecular weight excluding hydrogens is 260 g/mol. The number of nitrogens with zero attached hydrogens (tertiary/aromatic N) is 1. The molecule has 1 aromatic heterocycles. The number of methoxy groups -OCH3 is 1. The Morgan fingerprint density at radius 2 is 2.21 bits per heavy atom. The van der Waals surface area contributed by atoms with Crippen molar-refractivity contribution in [3.63, 3.8) is 0 Å². The molecule has 0 aliphatic rings. The van der Waals surface area contributed by atoms with Gasteiger partial charge in [-0.15, -0.1) is 11.3 Å². The number of aromatic nitrogens is 1. The smallest absolute Gasteiger partial charge is 0.161 e. The van der Waals surface area contributed by atoms with Gasteiger partial charge in [0.15, 0.2) is 11.5 Å². The molecule has 0 atom stereocenters. The van der Waals surface area contributed by atoms with Crippen LogP contribution in [0.15, 0.2) is 29.9 Å².